The number of hydrogen-bond donors (Lipinski definition) is 1. The number of methoxy groups -OCH3 is 1. The molecule has 152 valence electrons. The molecule has 8 heteroatoms. The molecular weight excluding hydrogens is 377 g/mol. The number of ether oxygens (including phenoxy) is 3. The first kappa shape index (κ1) is 21.7. The molecule has 1 N–H and O–H groups in total. The molecule has 2 unspecified atom stereocenters. The standard InChI is InChI=1S/C20H21F3O5/c1-3-27-18(19(25)26-2)17(24)15-10-9-14(11-16(15)20(21,22)23)28-12-13-7-5-4-6-8-13/h4-11,17-18,24H,3,12H2,1-2H3. The van der Waals surface area contributed by atoms with Crippen LogP contribution in [0.5, 0.6) is 5.75 Å². The molecule has 0 aromatic heterocycles. The van der Waals surface area contributed by atoms with Crippen molar-refractivity contribution in [2.45, 2.75) is 31.9 Å². The number of carbonyl (C=O) groups excluding carboxylic acids is 1. The van der Waals surface area contributed by atoms with Crippen LogP contribution in [0.1, 0.15) is 29.7 Å². The second-order valence-electron chi connectivity index (χ2n) is 5.87. The minimum Gasteiger partial charge on any atom is -0.489 e. The van der Waals surface area contributed by atoms with Gasteiger partial charge in [0, 0.05) is 6.61 Å². The number of benzene rings is 2. The molecule has 28 heavy (non-hydrogen) atoms. The summed E-state index contributed by atoms with van der Waals surface area (Å²) in [7, 11) is 1.06. The van der Waals surface area contributed by atoms with Crippen LogP contribution in [0.4, 0.5) is 13.2 Å². The van der Waals surface area contributed by atoms with Crippen molar-refractivity contribution in [1.29, 1.82) is 0 Å². The summed E-state index contributed by atoms with van der Waals surface area (Å²) >= 11 is 0. The Morgan fingerprint density at radius 1 is 1.14 bits per heavy atom. The van der Waals surface area contributed by atoms with Crippen LogP contribution in [0.15, 0.2) is 48.5 Å². The summed E-state index contributed by atoms with van der Waals surface area (Å²) in [6, 6.07) is 12.1. The maximum absolute atomic E-state index is 13.6. The predicted molar refractivity (Wildman–Crippen MR) is 94.6 cm³/mol. The number of rotatable bonds is 8. The van der Waals surface area contributed by atoms with Gasteiger partial charge in [-0.3, -0.25) is 0 Å². The van der Waals surface area contributed by atoms with Gasteiger partial charge in [-0.25, -0.2) is 4.79 Å². The zero-order valence-electron chi connectivity index (χ0n) is 15.4. The fourth-order valence-electron chi connectivity index (χ4n) is 2.62. The number of alkyl halides is 3. The number of halogens is 3. The highest BCUT2D eigenvalue weighted by atomic mass is 19.4. The Labute approximate surface area is 160 Å². The quantitative estimate of drug-likeness (QED) is 0.684. The third-order valence-electron chi connectivity index (χ3n) is 3.96. The molecule has 2 aromatic carbocycles. The van der Waals surface area contributed by atoms with Gasteiger partial charge in [-0.05, 0) is 30.2 Å². The van der Waals surface area contributed by atoms with Crippen LogP contribution in [-0.2, 0) is 27.1 Å². The normalized spacial score (nSPS) is 13.6. The highest BCUT2D eigenvalue weighted by Crippen LogP contribution is 2.38. The van der Waals surface area contributed by atoms with Crippen molar-refractivity contribution in [2.24, 2.45) is 0 Å². The molecule has 0 heterocycles. The molecule has 2 aromatic rings. The molecule has 2 atom stereocenters. The number of carbonyl (C=O) groups is 1. The van der Waals surface area contributed by atoms with E-state index in [0.29, 0.717) is 0 Å². The van der Waals surface area contributed by atoms with Crippen molar-refractivity contribution >= 4 is 5.97 Å². The van der Waals surface area contributed by atoms with Gasteiger partial charge in [-0.2, -0.15) is 13.2 Å². The van der Waals surface area contributed by atoms with Crippen LogP contribution in [0.3, 0.4) is 0 Å². The van der Waals surface area contributed by atoms with E-state index in [4.69, 9.17) is 9.47 Å². The Morgan fingerprint density at radius 2 is 1.82 bits per heavy atom. The van der Waals surface area contributed by atoms with E-state index in [9.17, 15) is 23.1 Å². The van der Waals surface area contributed by atoms with Crippen LogP contribution >= 0.6 is 0 Å². The lowest BCUT2D eigenvalue weighted by atomic mass is 9.97. The molecule has 0 fully saturated rings. The van der Waals surface area contributed by atoms with Gasteiger partial charge >= 0.3 is 12.1 Å². The summed E-state index contributed by atoms with van der Waals surface area (Å²) in [5, 5.41) is 10.4. The Morgan fingerprint density at radius 3 is 2.39 bits per heavy atom. The summed E-state index contributed by atoms with van der Waals surface area (Å²) in [5.41, 5.74) is -0.815. The Kier molecular flexibility index (Phi) is 7.42. The van der Waals surface area contributed by atoms with Gasteiger partial charge in [0.25, 0.3) is 0 Å². The molecule has 0 spiro atoms. The zero-order valence-corrected chi connectivity index (χ0v) is 15.4. The van der Waals surface area contributed by atoms with E-state index in [1.807, 2.05) is 6.07 Å². The molecule has 0 aliphatic rings. The first-order valence-electron chi connectivity index (χ1n) is 8.53. The van der Waals surface area contributed by atoms with Gasteiger partial charge in [-0.1, -0.05) is 36.4 Å². The molecule has 0 radical (unpaired) electrons. The van der Waals surface area contributed by atoms with Crippen molar-refractivity contribution in [3.05, 3.63) is 65.2 Å². The van der Waals surface area contributed by atoms with E-state index >= 15 is 0 Å². The van der Waals surface area contributed by atoms with Gasteiger partial charge in [0.05, 0.1) is 12.7 Å². The highest BCUT2D eigenvalue weighted by Gasteiger charge is 2.39. The summed E-state index contributed by atoms with van der Waals surface area (Å²) in [4.78, 5) is 11.8. The molecule has 2 rings (SSSR count). The second-order valence-corrected chi connectivity index (χ2v) is 5.87. The molecule has 0 amide bonds. The maximum Gasteiger partial charge on any atom is 0.416 e. The Balaban J connectivity index is 2.32. The SMILES string of the molecule is CCOC(C(=O)OC)C(O)c1ccc(OCc2ccccc2)cc1C(F)(F)F. The zero-order chi connectivity index (χ0) is 20.7. The van der Waals surface area contributed by atoms with Crippen LogP contribution < -0.4 is 4.74 Å². The average Bonchev–Trinajstić information content (AvgIpc) is 2.69. The molecule has 0 aliphatic carbocycles. The number of aliphatic hydroxyl groups excluding tert-OH is 1. The fourth-order valence-corrected chi connectivity index (χ4v) is 2.62. The lowest BCUT2D eigenvalue weighted by molar-refractivity contribution is -0.163. The number of hydrogen-bond acceptors (Lipinski definition) is 5. The monoisotopic (exact) mass is 398 g/mol. The summed E-state index contributed by atoms with van der Waals surface area (Å²) in [6.07, 6.45) is -8.20. The second kappa shape index (κ2) is 9.57. The van der Waals surface area contributed by atoms with E-state index in [1.165, 1.54) is 6.07 Å². The van der Waals surface area contributed by atoms with Crippen LogP contribution in [-0.4, -0.2) is 30.9 Å². The van der Waals surface area contributed by atoms with E-state index < -0.39 is 35.5 Å². The molecule has 0 saturated heterocycles. The van der Waals surface area contributed by atoms with Crippen molar-refractivity contribution in [2.75, 3.05) is 13.7 Å². The van der Waals surface area contributed by atoms with Gasteiger partial charge in [-0.15, -0.1) is 0 Å². The Bertz CT molecular complexity index is 777. The van der Waals surface area contributed by atoms with Crippen LogP contribution in [0, 0.1) is 0 Å². The molecule has 0 saturated carbocycles. The molecule has 0 aliphatic heterocycles. The van der Waals surface area contributed by atoms with Crippen molar-refractivity contribution < 1.29 is 37.3 Å². The summed E-state index contributed by atoms with van der Waals surface area (Å²) in [6.45, 7) is 1.65. The van der Waals surface area contributed by atoms with Crippen molar-refractivity contribution in [3.8, 4) is 5.75 Å². The van der Waals surface area contributed by atoms with Gasteiger partial charge < -0.3 is 19.3 Å². The summed E-state index contributed by atoms with van der Waals surface area (Å²) < 4.78 is 55.7. The average molecular weight is 398 g/mol. The third kappa shape index (κ3) is 5.46. The molecular formula is C20H21F3O5. The minimum absolute atomic E-state index is 0.0104. The van der Waals surface area contributed by atoms with E-state index in [2.05, 4.69) is 4.74 Å². The third-order valence-corrected chi connectivity index (χ3v) is 3.96. The van der Waals surface area contributed by atoms with E-state index in [-0.39, 0.29) is 19.0 Å². The van der Waals surface area contributed by atoms with Crippen LogP contribution in [0.25, 0.3) is 0 Å². The largest absolute Gasteiger partial charge is 0.489 e. The first-order valence-corrected chi connectivity index (χ1v) is 8.53. The lowest BCUT2D eigenvalue weighted by Gasteiger charge is -2.24. The maximum atomic E-state index is 13.6. The highest BCUT2D eigenvalue weighted by molar-refractivity contribution is 5.75. The van der Waals surface area contributed by atoms with E-state index in [1.54, 1.807) is 31.2 Å². The van der Waals surface area contributed by atoms with Crippen molar-refractivity contribution in [1.82, 2.24) is 0 Å². The topological polar surface area (TPSA) is 65.0 Å². The molecule has 0 bridgehead atoms. The Hall–Kier alpha value is -2.58. The fraction of sp³-hybridized carbons (Fsp3) is 0.350. The van der Waals surface area contributed by atoms with E-state index in [0.717, 1.165) is 24.8 Å². The number of esters is 1. The smallest absolute Gasteiger partial charge is 0.416 e. The number of aliphatic hydroxyl groups is 1. The van der Waals surface area contributed by atoms with Gasteiger partial charge in [0.15, 0.2) is 6.10 Å². The lowest BCUT2D eigenvalue weighted by Crippen LogP contribution is -2.33. The molecule has 5 nitrogen and oxygen atoms in total. The van der Waals surface area contributed by atoms with Crippen LogP contribution in [0.2, 0.25) is 0 Å². The van der Waals surface area contributed by atoms with Gasteiger partial charge in [0.1, 0.15) is 18.5 Å². The minimum atomic E-state index is -4.77. The van der Waals surface area contributed by atoms with Crippen molar-refractivity contribution in [3.63, 3.8) is 0 Å². The van der Waals surface area contributed by atoms with Gasteiger partial charge in [0.2, 0.25) is 0 Å². The predicted octanol–water partition coefficient (Wildman–Crippen LogP) is 3.90. The summed E-state index contributed by atoms with van der Waals surface area (Å²) in [5.74, 6) is -0.981. The first-order chi connectivity index (χ1) is 13.3.